The molecule has 0 bridgehead atoms. The summed E-state index contributed by atoms with van der Waals surface area (Å²) in [5.74, 6) is 0.801. The minimum Gasteiger partial charge on any atom is -0.237 e. The maximum absolute atomic E-state index is 4.25. The summed E-state index contributed by atoms with van der Waals surface area (Å²) in [5, 5.41) is 3.99. The van der Waals surface area contributed by atoms with Gasteiger partial charge in [-0.2, -0.15) is 5.10 Å². The number of rotatable bonds is 2. The van der Waals surface area contributed by atoms with Crippen LogP contribution in [0.1, 0.15) is 26.3 Å². The molecule has 0 amide bonds. The highest BCUT2D eigenvalue weighted by Crippen LogP contribution is 2.03. The Bertz CT molecular complexity index is 364. The Hall–Kier alpha value is -1.71. The van der Waals surface area contributed by atoms with E-state index in [1.807, 2.05) is 32.2 Å². The Morgan fingerprint density at radius 3 is 2.53 bits per heavy atom. The van der Waals surface area contributed by atoms with Gasteiger partial charge in [-0.05, 0) is 18.1 Å². The maximum atomic E-state index is 4.25. The van der Waals surface area contributed by atoms with Gasteiger partial charge in [0.1, 0.15) is 12.7 Å². The monoisotopic (exact) mass is 204 g/mol. The van der Waals surface area contributed by atoms with Crippen LogP contribution in [0.4, 0.5) is 0 Å². The standard InChI is InChI=1S/C9H10N4.C2H6/c1-2-8-3-4-9(11-5-8)13-7-10-6-12-13;1-2/h3-7H,2H2,1H3;1-2H3. The molecule has 0 spiro atoms. The lowest BCUT2D eigenvalue weighted by Crippen LogP contribution is -1.97. The number of pyridine rings is 1. The average molecular weight is 204 g/mol. The number of hydrogen-bond acceptors (Lipinski definition) is 3. The molecule has 4 nitrogen and oxygen atoms in total. The normalized spacial score (nSPS) is 9.27. The van der Waals surface area contributed by atoms with Gasteiger partial charge in [-0.25, -0.2) is 14.6 Å². The zero-order chi connectivity index (χ0) is 11.1. The van der Waals surface area contributed by atoms with Crippen molar-refractivity contribution in [1.29, 1.82) is 0 Å². The Morgan fingerprint density at radius 2 is 2.07 bits per heavy atom. The molecule has 0 saturated carbocycles. The fourth-order valence-electron chi connectivity index (χ4n) is 1.09. The molecular weight excluding hydrogens is 188 g/mol. The minimum absolute atomic E-state index is 0.801. The first-order chi connectivity index (χ1) is 7.40. The molecule has 2 aromatic heterocycles. The summed E-state index contributed by atoms with van der Waals surface area (Å²) in [7, 11) is 0. The molecule has 0 radical (unpaired) electrons. The van der Waals surface area contributed by atoms with E-state index in [1.165, 1.54) is 11.9 Å². The molecule has 0 aliphatic carbocycles. The number of hydrogen-bond donors (Lipinski definition) is 0. The van der Waals surface area contributed by atoms with Crippen LogP contribution in [-0.4, -0.2) is 19.7 Å². The third kappa shape index (κ3) is 2.87. The molecule has 2 aromatic rings. The van der Waals surface area contributed by atoms with Crippen molar-refractivity contribution >= 4 is 0 Å². The predicted molar refractivity (Wildman–Crippen MR) is 59.9 cm³/mol. The number of aromatic nitrogens is 4. The van der Waals surface area contributed by atoms with Gasteiger partial charge >= 0.3 is 0 Å². The summed E-state index contributed by atoms with van der Waals surface area (Å²) in [6.07, 6.45) is 5.99. The second kappa shape index (κ2) is 5.90. The van der Waals surface area contributed by atoms with Gasteiger partial charge in [-0.1, -0.05) is 26.8 Å². The van der Waals surface area contributed by atoms with Crippen molar-refractivity contribution < 1.29 is 0 Å². The first-order valence-corrected chi connectivity index (χ1v) is 5.20. The second-order valence-electron chi connectivity index (χ2n) is 2.72. The van der Waals surface area contributed by atoms with E-state index < -0.39 is 0 Å². The Balaban J connectivity index is 0.000000531. The van der Waals surface area contributed by atoms with Crippen LogP contribution in [0.25, 0.3) is 5.82 Å². The highest BCUT2D eigenvalue weighted by molar-refractivity contribution is 5.23. The van der Waals surface area contributed by atoms with E-state index in [0.717, 1.165) is 12.2 Å². The quantitative estimate of drug-likeness (QED) is 0.753. The van der Waals surface area contributed by atoms with Crippen LogP contribution in [0.2, 0.25) is 0 Å². The lowest BCUT2D eigenvalue weighted by atomic mass is 10.2. The van der Waals surface area contributed by atoms with Crippen molar-refractivity contribution in [3.05, 3.63) is 36.5 Å². The molecule has 0 aliphatic heterocycles. The second-order valence-corrected chi connectivity index (χ2v) is 2.72. The summed E-state index contributed by atoms with van der Waals surface area (Å²) in [5.41, 5.74) is 1.23. The summed E-state index contributed by atoms with van der Waals surface area (Å²) in [6.45, 7) is 6.10. The van der Waals surface area contributed by atoms with Crippen molar-refractivity contribution in [2.75, 3.05) is 0 Å². The first-order valence-electron chi connectivity index (χ1n) is 5.20. The zero-order valence-electron chi connectivity index (χ0n) is 9.38. The molecule has 2 heterocycles. The maximum Gasteiger partial charge on any atom is 0.155 e. The predicted octanol–water partition coefficient (Wildman–Crippen LogP) is 2.25. The molecule has 0 saturated heterocycles. The highest BCUT2D eigenvalue weighted by Gasteiger charge is 1.96. The van der Waals surface area contributed by atoms with Crippen LogP contribution >= 0.6 is 0 Å². The molecule has 15 heavy (non-hydrogen) atoms. The van der Waals surface area contributed by atoms with Crippen molar-refractivity contribution in [1.82, 2.24) is 19.7 Å². The Labute approximate surface area is 90.0 Å². The van der Waals surface area contributed by atoms with Gasteiger partial charge in [-0.15, -0.1) is 0 Å². The molecule has 0 fully saturated rings. The number of nitrogens with zero attached hydrogens (tertiary/aromatic N) is 4. The Kier molecular flexibility index (Phi) is 4.47. The zero-order valence-corrected chi connectivity index (χ0v) is 9.38. The lowest BCUT2D eigenvalue weighted by Gasteiger charge is -1.99. The fourth-order valence-corrected chi connectivity index (χ4v) is 1.09. The molecule has 80 valence electrons. The molecule has 2 rings (SSSR count). The average Bonchev–Trinajstić information content (AvgIpc) is 2.85. The smallest absolute Gasteiger partial charge is 0.155 e. The van der Waals surface area contributed by atoms with Crippen LogP contribution in [0.5, 0.6) is 0 Å². The summed E-state index contributed by atoms with van der Waals surface area (Å²) < 4.78 is 1.64. The van der Waals surface area contributed by atoms with Gasteiger partial charge in [0.2, 0.25) is 0 Å². The van der Waals surface area contributed by atoms with Crippen molar-refractivity contribution in [2.45, 2.75) is 27.2 Å². The van der Waals surface area contributed by atoms with Gasteiger partial charge in [0.05, 0.1) is 0 Å². The molecule has 0 unspecified atom stereocenters. The minimum atomic E-state index is 0.801. The van der Waals surface area contributed by atoms with Crippen LogP contribution in [-0.2, 0) is 6.42 Å². The van der Waals surface area contributed by atoms with E-state index >= 15 is 0 Å². The number of aryl methyl sites for hydroxylation is 1. The van der Waals surface area contributed by atoms with E-state index in [9.17, 15) is 0 Å². The Morgan fingerprint density at radius 1 is 1.27 bits per heavy atom. The molecule has 0 aromatic carbocycles. The SMILES string of the molecule is CC.CCc1ccc(-n2cncn2)nc1. The van der Waals surface area contributed by atoms with Crippen LogP contribution in [0, 0.1) is 0 Å². The van der Waals surface area contributed by atoms with Crippen LogP contribution < -0.4 is 0 Å². The molecular formula is C11H16N4. The topological polar surface area (TPSA) is 43.6 Å². The largest absolute Gasteiger partial charge is 0.237 e. The molecule has 0 N–H and O–H groups in total. The third-order valence-electron chi connectivity index (χ3n) is 1.87. The van der Waals surface area contributed by atoms with Crippen LogP contribution in [0.15, 0.2) is 31.0 Å². The van der Waals surface area contributed by atoms with Gasteiger partial charge in [0.15, 0.2) is 5.82 Å². The molecule has 0 atom stereocenters. The van der Waals surface area contributed by atoms with E-state index in [1.54, 1.807) is 11.0 Å². The third-order valence-corrected chi connectivity index (χ3v) is 1.87. The van der Waals surface area contributed by atoms with Crippen molar-refractivity contribution in [2.24, 2.45) is 0 Å². The van der Waals surface area contributed by atoms with Gasteiger partial charge in [0, 0.05) is 6.20 Å². The first kappa shape index (κ1) is 11.4. The van der Waals surface area contributed by atoms with Gasteiger partial charge in [0.25, 0.3) is 0 Å². The summed E-state index contributed by atoms with van der Waals surface area (Å²) in [4.78, 5) is 8.11. The molecule has 0 aliphatic rings. The molecule has 4 heteroatoms. The van der Waals surface area contributed by atoms with Gasteiger partial charge < -0.3 is 0 Å². The van der Waals surface area contributed by atoms with Crippen molar-refractivity contribution in [3.8, 4) is 5.82 Å². The fraction of sp³-hybridized carbons (Fsp3) is 0.364. The van der Waals surface area contributed by atoms with Crippen LogP contribution in [0.3, 0.4) is 0 Å². The van der Waals surface area contributed by atoms with E-state index in [4.69, 9.17) is 0 Å². The van der Waals surface area contributed by atoms with E-state index in [0.29, 0.717) is 0 Å². The van der Waals surface area contributed by atoms with Gasteiger partial charge in [-0.3, -0.25) is 0 Å². The summed E-state index contributed by atoms with van der Waals surface area (Å²) >= 11 is 0. The van der Waals surface area contributed by atoms with Crippen molar-refractivity contribution in [3.63, 3.8) is 0 Å². The van der Waals surface area contributed by atoms with E-state index in [2.05, 4.69) is 22.0 Å². The summed E-state index contributed by atoms with van der Waals surface area (Å²) in [6, 6.07) is 3.98. The van der Waals surface area contributed by atoms with E-state index in [-0.39, 0.29) is 0 Å². The lowest BCUT2D eigenvalue weighted by molar-refractivity contribution is 0.842. The highest BCUT2D eigenvalue weighted by atomic mass is 15.3.